The lowest BCUT2D eigenvalue weighted by Gasteiger charge is -2.45. The van der Waals surface area contributed by atoms with Gasteiger partial charge in [-0.1, -0.05) is 38.2 Å². The SMILES string of the molecule is C=C1/C(=C\C=C2/CCC[C@]3(C)[C@@H](C(C)CN4CC[C@@H](C(C)(F)F)C4)CC[C@@H]23)C[C@@H](O)C[C@@H]1O. The Morgan fingerprint density at radius 1 is 1.24 bits per heavy atom. The molecule has 1 unspecified atom stereocenters. The van der Waals surface area contributed by atoms with Crippen LogP contribution in [0.2, 0.25) is 0 Å². The van der Waals surface area contributed by atoms with E-state index in [-0.39, 0.29) is 5.41 Å². The van der Waals surface area contributed by atoms with Crippen LogP contribution in [0.3, 0.4) is 0 Å². The van der Waals surface area contributed by atoms with Crippen molar-refractivity contribution < 1.29 is 19.0 Å². The second-order valence-electron chi connectivity index (χ2n) is 11.8. The van der Waals surface area contributed by atoms with Gasteiger partial charge in [-0.2, -0.15) is 0 Å². The number of allylic oxidation sites excluding steroid dienone is 3. The molecule has 3 saturated carbocycles. The van der Waals surface area contributed by atoms with Crippen molar-refractivity contribution in [3.8, 4) is 0 Å². The van der Waals surface area contributed by atoms with Gasteiger partial charge in [0, 0.05) is 25.4 Å². The number of aliphatic hydroxyl groups is 2. The van der Waals surface area contributed by atoms with E-state index in [1.807, 2.05) is 0 Å². The number of alkyl halides is 2. The molecule has 1 aliphatic heterocycles. The van der Waals surface area contributed by atoms with Crippen molar-refractivity contribution in [2.75, 3.05) is 19.6 Å². The molecule has 3 nitrogen and oxygen atoms in total. The van der Waals surface area contributed by atoms with Gasteiger partial charge in [0.05, 0.1) is 12.2 Å². The van der Waals surface area contributed by atoms with Gasteiger partial charge in [-0.3, -0.25) is 0 Å². The number of halogens is 2. The first kappa shape index (κ1) is 25.1. The van der Waals surface area contributed by atoms with E-state index in [9.17, 15) is 19.0 Å². The quantitative estimate of drug-likeness (QED) is 0.546. The first-order valence-electron chi connectivity index (χ1n) is 13.0. The summed E-state index contributed by atoms with van der Waals surface area (Å²) in [6.45, 7) is 12.2. The van der Waals surface area contributed by atoms with Gasteiger partial charge in [-0.05, 0) is 92.7 Å². The second kappa shape index (κ2) is 9.54. The molecule has 33 heavy (non-hydrogen) atoms. The molecule has 0 amide bonds. The van der Waals surface area contributed by atoms with Crippen LogP contribution in [0, 0.1) is 29.1 Å². The standard InChI is InChI=1S/C28H43F2NO2/c1-18(16-31-13-11-22(17-31)28(4,29)30)24-9-10-25-20(6-5-12-27(24,25)3)7-8-21-14-23(32)15-26(33)19(21)2/h7-8,18,22-26,32-33H,2,5-6,9-17H2,1,3-4H3/b20-7+,21-8-/t18?,22-,23-,24-,25+,26+,27-/m1/s1. The van der Waals surface area contributed by atoms with Gasteiger partial charge in [0.15, 0.2) is 0 Å². The van der Waals surface area contributed by atoms with Crippen molar-refractivity contribution >= 4 is 0 Å². The number of rotatable bonds is 5. The minimum absolute atomic E-state index is 0.262. The molecule has 0 bridgehead atoms. The highest BCUT2D eigenvalue weighted by Crippen LogP contribution is 2.59. The van der Waals surface area contributed by atoms with Crippen LogP contribution in [-0.4, -0.2) is 52.9 Å². The molecule has 5 heteroatoms. The molecule has 186 valence electrons. The van der Waals surface area contributed by atoms with Crippen LogP contribution in [-0.2, 0) is 0 Å². The summed E-state index contributed by atoms with van der Waals surface area (Å²) >= 11 is 0. The molecule has 2 N–H and O–H groups in total. The Morgan fingerprint density at radius 3 is 2.70 bits per heavy atom. The van der Waals surface area contributed by atoms with Crippen LogP contribution < -0.4 is 0 Å². The van der Waals surface area contributed by atoms with E-state index in [0.717, 1.165) is 37.6 Å². The summed E-state index contributed by atoms with van der Waals surface area (Å²) in [4.78, 5) is 2.28. The van der Waals surface area contributed by atoms with Gasteiger partial charge in [0.2, 0.25) is 5.92 Å². The maximum absolute atomic E-state index is 13.8. The van der Waals surface area contributed by atoms with E-state index >= 15 is 0 Å². The molecular weight excluding hydrogens is 420 g/mol. The van der Waals surface area contributed by atoms with Crippen molar-refractivity contribution in [2.24, 2.45) is 29.1 Å². The summed E-state index contributed by atoms with van der Waals surface area (Å²) in [6.07, 6.45) is 10.7. The maximum Gasteiger partial charge on any atom is 0.249 e. The molecule has 4 rings (SSSR count). The minimum atomic E-state index is -2.57. The van der Waals surface area contributed by atoms with E-state index in [0.29, 0.717) is 43.6 Å². The van der Waals surface area contributed by atoms with E-state index in [2.05, 4.69) is 37.5 Å². The average Bonchev–Trinajstić information content (AvgIpc) is 3.33. The third kappa shape index (κ3) is 5.16. The summed E-state index contributed by atoms with van der Waals surface area (Å²) in [5.41, 5.74) is 3.48. The Kier molecular flexibility index (Phi) is 7.25. The lowest BCUT2D eigenvalue weighted by molar-refractivity contribution is -0.0360. The molecule has 0 aromatic heterocycles. The fourth-order valence-corrected chi connectivity index (χ4v) is 7.63. The maximum atomic E-state index is 13.8. The molecule has 4 fully saturated rings. The van der Waals surface area contributed by atoms with Gasteiger partial charge < -0.3 is 15.1 Å². The first-order chi connectivity index (χ1) is 15.5. The van der Waals surface area contributed by atoms with Crippen molar-refractivity contribution in [1.29, 1.82) is 0 Å². The zero-order chi connectivity index (χ0) is 24.0. The Morgan fingerprint density at radius 2 is 2.00 bits per heavy atom. The third-order valence-electron chi connectivity index (χ3n) is 9.52. The van der Waals surface area contributed by atoms with Crippen LogP contribution in [0.5, 0.6) is 0 Å². The summed E-state index contributed by atoms with van der Waals surface area (Å²) < 4.78 is 27.5. The van der Waals surface area contributed by atoms with Crippen LogP contribution in [0.25, 0.3) is 0 Å². The molecule has 3 aliphatic carbocycles. The van der Waals surface area contributed by atoms with Crippen molar-refractivity contribution in [3.05, 3.63) is 35.5 Å². The zero-order valence-corrected chi connectivity index (χ0v) is 20.7. The molecule has 1 heterocycles. The highest BCUT2D eigenvalue weighted by atomic mass is 19.3. The van der Waals surface area contributed by atoms with Crippen molar-refractivity contribution in [3.63, 3.8) is 0 Å². The molecule has 0 spiro atoms. The van der Waals surface area contributed by atoms with E-state index in [4.69, 9.17) is 0 Å². The first-order valence-corrected chi connectivity index (χ1v) is 13.0. The molecule has 4 aliphatic rings. The van der Waals surface area contributed by atoms with Gasteiger partial charge >= 0.3 is 0 Å². The number of hydrogen-bond acceptors (Lipinski definition) is 3. The fourth-order valence-electron chi connectivity index (χ4n) is 7.63. The van der Waals surface area contributed by atoms with Gasteiger partial charge in [-0.25, -0.2) is 8.78 Å². The number of aliphatic hydroxyl groups excluding tert-OH is 2. The number of hydrogen-bond donors (Lipinski definition) is 2. The highest BCUT2D eigenvalue weighted by Gasteiger charge is 2.51. The smallest absolute Gasteiger partial charge is 0.249 e. The molecule has 0 aromatic rings. The molecular formula is C28H43F2NO2. The lowest BCUT2D eigenvalue weighted by Crippen LogP contribution is -2.40. The Labute approximate surface area is 198 Å². The predicted molar refractivity (Wildman–Crippen MR) is 129 cm³/mol. The van der Waals surface area contributed by atoms with Crippen LogP contribution in [0.4, 0.5) is 8.78 Å². The van der Waals surface area contributed by atoms with Gasteiger partial charge in [0.25, 0.3) is 0 Å². The van der Waals surface area contributed by atoms with Gasteiger partial charge in [0.1, 0.15) is 0 Å². The summed E-state index contributed by atoms with van der Waals surface area (Å²) in [6, 6.07) is 0. The summed E-state index contributed by atoms with van der Waals surface area (Å²) in [5, 5.41) is 20.2. The average molecular weight is 464 g/mol. The van der Waals surface area contributed by atoms with E-state index in [1.165, 1.54) is 31.3 Å². The lowest BCUT2D eigenvalue weighted by atomic mass is 9.61. The number of fused-ring (bicyclic) bond motifs is 1. The molecule has 0 aromatic carbocycles. The number of likely N-dealkylation sites (tertiary alicyclic amines) is 1. The Bertz CT molecular complexity index is 800. The zero-order valence-electron chi connectivity index (χ0n) is 20.7. The highest BCUT2D eigenvalue weighted by molar-refractivity contribution is 5.38. The normalized spacial score (nSPS) is 41.7. The second-order valence-corrected chi connectivity index (χ2v) is 11.8. The molecule has 7 atom stereocenters. The van der Waals surface area contributed by atoms with E-state index < -0.39 is 24.0 Å². The van der Waals surface area contributed by atoms with E-state index in [1.54, 1.807) is 0 Å². The largest absolute Gasteiger partial charge is 0.393 e. The van der Waals surface area contributed by atoms with Crippen molar-refractivity contribution in [1.82, 2.24) is 4.90 Å². The van der Waals surface area contributed by atoms with Gasteiger partial charge in [-0.15, -0.1) is 0 Å². The third-order valence-corrected chi connectivity index (χ3v) is 9.52. The predicted octanol–water partition coefficient (Wildman–Crippen LogP) is 5.74. The number of nitrogens with zero attached hydrogens (tertiary/aromatic N) is 1. The topological polar surface area (TPSA) is 43.7 Å². The Hall–Kier alpha value is -1.04. The van der Waals surface area contributed by atoms with Crippen LogP contribution >= 0.6 is 0 Å². The van der Waals surface area contributed by atoms with Crippen molar-refractivity contribution in [2.45, 2.75) is 90.3 Å². The minimum Gasteiger partial charge on any atom is -0.393 e. The fraction of sp³-hybridized carbons (Fsp3) is 0.786. The van der Waals surface area contributed by atoms with Crippen LogP contribution in [0.15, 0.2) is 35.5 Å². The molecule has 1 saturated heterocycles. The van der Waals surface area contributed by atoms with Crippen LogP contribution in [0.1, 0.15) is 72.1 Å². The Balaban J connectivity index is 1.44. The monoisotopic (exact) mass is 463 g/mol. The summed E-state index contributed by atoms with van der Waals surface area (Å²) in [7, 11) is 0. The molecule has 0 radical (unpaired) electrons. The summed E-state index contributed by atoms with van der Waals surface area (Å²) in [5.74, 6) is -1.39.